The number of hydrogen-bond acceptors (Lipinski definition) is 3. The number of halogens is 3. The number of rotatable bonds is 4. The molecule has 2 aromatic carbocycles. The van der Waals surface area contributed by atoms with Gasteiger partial charge in [0.15, 0.2) is 17.7 Å². The molecule has 0 radical (unpaired) electrons. The van der Waals surface area contributed by atoms with Crippen molar-refractivity contribution in [1.82, 2.24) is 4.90 Å². The molecule has 0 aromatic heterocycles. The largest absolute Gasteiger partial charge is 0.478 e. The van der Waals surface area contributed by atoms with Gasteiger partial charge in [0.25, 0.3) is 5.91 Å². The molecule has 0 unspecified atom stereocenters. The number of carbonyl (C=O) groups is 1. The monoisotopic (exact) mass is 364 g/mol. The third-order valence-electron chi connectivity index (χ3n) is 4.33. The van der Waals surface area contributed by atoms with Crippen LogP contribution in [0.2, 0.25) is 0 Å². The van der Waals surface area contributed by atoms with Crippen LogP contribution < -0.4 is 9.64 Å². The predicted octanol–water partition coefficient (Wildman–Crippen LogP) is 3.22. The fourth-order valence-electron chi connectivity index (χ4n) is 2.91. The first-order valence-corrected chi connectivity index (χ1v) is 8.35. The topological polar surface area (TPSA) is 32.8 Å². The number of piperazine rings is 1. The van der Waals surface area contributed by atoms with Gasteiger partial charge in [0, 0.05) is 37.9 Å². The van der Waals surface area contributed by atoms with Crippen molar-refractivity contribution in [3.05, 3.63) is 59.9 Å². The van der Waals surface area contributed by atoms with Gasteiger partial charge in [-0.15, -0.1) is 0 Å². The molecule has 0 N–H and O–H groups in total. The summed E-state index contributed by atoms with van der Waals surface area (Å²) in [6.45, 7) is 3.72. The van der Waals surface area contributed by atoms with Crippen LogP contribution >= 0.6 is 0 Å². The molecule has 4 nitrogen and oxygen atoms in total. The molecule has 0 saturated carbocycles. The lowest BCUT2D eigenvalue weighted by atomic mass is 10.2. The van der Waals surface area contributed by atoms with Crippen LogP contribution in [0, 0.1) is 17.5 Å². The molecule has 7 heteroatoms. The van der Waals surface area contributed by atoms with E-state index in [0.717, 1.165) is 11.8 Å². The van der Waals surface area contributed by atoms with Gasteiger partial charge in [0.05, 0.1) is 0 Å². The van der Waals surface area contributed by atoms with Crippen LogP contribution in [0.25, 0.3) is 0 Å². The maximum atomic E-state index is 13.7. The van der Waals surface area contributed by atoms with Crippen molar-refractivity contribution in [2.24, 2.45) is 0 Å². The van der Waals surface area contributed by atoms with Gasteiger partial charge in [-0.05, 0) is 43.3 Å². The lowest BCUT2D eigenvalue weighted by molar-refractivity contribution is -0.138. The van der Waals surface area contributed by atoms with Gasteiger partial charge in [-0.1, -0.05) is 0 Å². The molecule has 0 spiro atoms. The molecule has 2 aromatic rings. The average Bonchev–Trinajstić information content (AvgIpc) is 2.64. The van der Waals surface area contributed by atoms with Gasteiger partial charge in [0.2, 0.25) is 0 Å². The van der Waals surface area contributed by atoms with Gasteiger partial charge in [-0.25, -0.2) is 13.2 Å². The zero-order valence-corrected chi connectivity index (χ0v) is 14.3. The van der Waals surface area contributed by atoms with E-state index in [1.165, 1.54) is 25.1 Å². The molecule has 1 fully saturated rings. The van der Waals surface area contributed by atoms with E-state index in [0.29, 0.717) is 32.2 Å². The normalized spacial score (nSPS) is 15.7. The van der Waals surface area contributed by atoms with Crippen molar-refractivity contribution in [1.29, 1.82) is 0 Å². The summed E-state index contributed by atoms with van der Waals surface area (Å²) in [5.41, 5.74) is 0.899. The van der Waals surface area contributed by atoms with E-state index in [2.05, 4.69) is 4.90 Å². The third-order valence-corrected chi connectivity index (χ3v) is 4.33. The van der Waals surface area contributed by atoms with Crippen LogP contribution in [0.15, 0.2) is 42.5 Å². The first kappa shape index (κ1) is 18.1. The zero-order chi connectivity index (χ0) is 18.7. The van der Waals surface area contributed by atoms with E-state index in [1.54, 1.807) is 17.0 Å². The van der Waals surface area contributed by atoms with Crippen molar-refractivity contribution in [2.75, 3.05) is 31.1 Å². The number of nitrogens with zero attached hydrogens (tertiary/aromatic N) is 2. The van der Waals surface area contributed by atoms with Gasteiger partial charge in [-0.2, -0.15) is 0 Å². The zero-order valence-electron chi connectivity index (χ0n) is 14.3. The molecule has 1 atom stereocenters. The van der Waals surface area contributed by atoms with E-state index < -0.39 is 17.7 Å². The lowest BCUT2D eigenvalue weighted by Crippen LogP contribution is -2.52. The van der Waals surface area contributed by atoms with Crippen molar-refractivity contribution < 1.29 is 22.7 Å². The van der Waals surface area contributed by atoms with Crippen LogP contribution in [0.5, 0.6) is 5.75 Å². The number of carbonyl (C=O) groups excluding carboxylic acids is 1. The molecule has 1 aliphatic rings. The van der Waals surface area contributed by atoms with E-state index in [1.807, 2.05) is 0 Å². The van der Waals surface area contributed by atoms with E-state index in [-0.39, 0.29) is 17.5 Å². The molecule has 138 valence electrons. The standard InChI is InChI=1S/C19H19F3N2O2/c1-13(26-18-7-4-15(21)12-17(18)22)19(25)24-10-8-23(9-11-24)16-5-2-14(20)3-6-16/h2-7,12-13H,8-11H2,1H3/t13-/m1/s1. The van der Waals surface area contributed by atoms with Gasteiger partial charge < -0.3 is 14.5 Å². The Bertz CT molecular complexity index is 775. The first-order chi connectivity index (χ1) is 12.4. The molecule has 1 heterocycles. The number of anilines is 1. The lowest BCUT2D eigenvalue weighted by Gasteiger charge is -2.37. The Morgan fingerprint density at radius 2 is 1.58 bits per heavy atom. The summed E-state index contributed by atoms with van der Waals surface area (Å²) in [7, 11) is 0. The fraction of sp³-hybridized carbons (Fsp3) is 0.316. The van der Waals surface area contributed by atoms with Crippen LogP contribution in [0.3, 0.4) is 0 Å². The minimum absolute atomic E-state index is 0.155. The molecule has 0 bridgehead atoms. The summed E-state index contributed by atoms with van der Waals surface area (Å²) in [4.78, 5) is 16.2. The Morgan fingerprint density at radius 3 is 2.19 bits per heavy atom. The smallest absolute Gasteiger partial charge is 0.263 e. The van der Waals surface area contributed by atoms with Crippen LogP contribution in [0.4, 0.5) is 18.9 Å². The minimum atomic E-state index is -0.882. The van der Waals surface area contributed by atoms with Crippen LogP contribution in [0.1, 0.15) is 6.92 Å². The van der Waals surface area contributed by atoms with Gasteiger partial charge >= 0.3 is 0 Å². The summed E-state index contributed by atoms with van der Waals surface area (Å²) >= 11 is 0. The quantitative estimate of drug-likeness (QED) is 0.835. The van der Waals surface area contributed by atoms with E-state index >= 15 is 0 Å². The van der Waals surface area contributed by atoms with Gasteiger partial charge in [-0.3, -0.25) is 4.79 Å². The van der Waals surface area contributed by atoms with Crippen molar-refractivity contribution in [3.8, 4) is 5.75 Å². The Labute approximate surface area is 149 Å². The average molecular weight is 364 g/mol. The highest BCUT2D eigenvalue weighted by Gasteiger charge is 2.26. The number of benzene rings is 2. The first-order valence-electron chi connectivity index (χ1n) is 8.35. The highest BCUT2D eigenvalue weighted by Crippen LogP contribution is 2.21. The predicted molar refractivity (Wildman–Crippen MR) is 91.6 cm³/mol. The van der Waals surface area contributed by atoms with E-state index in [4.69, 9.17) is 4.74 Å². The molecule has 0 aliphatic carbocycles. The second-order valence-electron chi connectivity index (χ2n) is 6.12. The Morgan fingerprint density at radius 1 is 0.962 bits per heavy atom. The number of hydrogen-bond donors (Lipinski definition) is 0. The Hall–Kier alpha value is -2.70. The summed E-state index contributed by atoms with van der Waals surface area (Å²) in [5, 5.41) is 0. The van der Waals surface area contributed by atoms with Crippen molar-refractivity contribution >= 4 is 11.6 Å². The van der Waals surface area contributed by atoms with Gasteiger partial charge in [0.1, 0.15) is 11.6 Å². The van der Waals surface area contributed by atoms with E-state index in [9.17, 15) is 18.0 Å². The van der Waals surface area contributed by atoms with Crippen LogP contribution in [-0.2, 0) is 4.79 Å². The molecule has 3 rings (SSSR count). The fourth-order valence-corrected chi connectivity index (χ4v) is 2.91. The van der Waals surface area contributed by atoms with Crippen LogP contribution in [-0.4, -0.2) is 43.1 Å². The summed E-state index contributed by atoms with van der Waals surface area (Å²) in [5.74, 6) is -2.25. The molecule has 26 heavy (non-hydrogen) atoms. The second-order valence-corrected chi connectivity index (χ2v) is 6.12. The molecular weight excluding hydrogens is 345 g/mol. The SMILES string of the molecule is C[C@@H](Oc1ccc(F)cc1F)C(=O)N1CCN(c2ccc(F)cc2)CC1. The maximum absolute atomic E-state index is 13.7. The molecule has 1 amide bonds. The molecule has 1 saturated heterocycles. The summed E-state index contributed by atoms with van der Waals surface area (Å²) in [6, 6.07) is 9.18. The summed E-state index contributed by atoms with van der Waals surface area (Å²) in [6.07, 6.45) is -0.882. The van der Waals surface area contributed by atoms with Crippen molar-refractivity contribution in [2.45, 2.75) is 13.0 Å². The second kappa shape index (κ2) is 7.68. The third kappa shape index (κ3) is 4.09. The Kier molecular flexibility index (Phi) is 5.35. The molecule has 1 aliphatic heterocycles. The highest BCUT2D eigenvalue weighted by atomic mass is 19.1. The number of ether oxygens (including phenoxy) is 1. The molecular formula is C19H19F3N2O2. The maximum Gasteiger partial charge on any atom is 0.263 e. The minimum Gasteiger partial charge on any atom is -0.478 e. The Balaban J connectivity index is 1.56. The highest BCUT2D eigenvalue weighted by molar-refractivity contribution is 5.81. The summed E-state index contributed by atoms with van der Waals surface area (Å²) < 4.78 is 45.0. The van der Waals surface area contributed by atoms with Crippen molar-refractivity contribution in [3.63, 3.8) is 0 Å². The number of amides is 1.